The first kappa shape index (κ1) is 9.62. The highest BCUT2D eigenvalue weighted by atomic mass is 35.5. The summed E-state index contributed by atoms with van der Waals surface area (Å²) in [5.74, 6) is 0.851. The van der Waals surface area contributed by atoms with Crippen molar-refractivity contribution in [1.29, 1.82) is 0 Å². The lowest BCUT2D eigenvalue weighted by atomic mass is 10.2. The SMILES string of the molecule is Cc1nc2ccccc2c(=S)n1CCl. The lowest BCUT2D eigenvalue weighted by molar-refractivity contribution is 0.789. The van der Waals surface area contributed by atoms with Crippen molar-refractivity contribution >= 4 is 34.7 Å². The van der Waals surface area contributed by atoms with E-state index in [1.54, 1.807) is 0 Å². The molecule has 14 heavy (non-hydrogen) atoms. The fraction of sp³-hybridized carbons (Fsp3) is 0.200. The van der Waals surface area contributed by atoms with Gasteiger partial charge in [-0.1, -0.05) is 24.4 Å². The third-order valence-corrected chi connectivity index (χ3v) is 2.85. The fourth-order valence-electron chi connectivity index (χ4n) is 1.42. The minimum Gasteiger partial charge on any atom is -0.306 e. The van der Waals surface area contributed by atoms with Crippen molar-refractivity contribution < 1.29 is 0 Å². The van der Waals surface area contributed by atoms with E-state index in [0.29, 0.717) is 6.00 Å². The summed E-state index contributed by atoms with van der Waals surface area (Å²) in [7, 11) is 0. The Morgan fingerprint density at radius 2 is 2.14 bits per heavy atom. The summed E-state index contributed by atoms with van der Waals surface area (Å²) >= 11 is 11.1. The topological polar surface area (TPSA) is 17.8 Å². The van der Waals surface area contributed by atoms with Crippen molar-refractivity contribution in [2.45, 2.75) is 12.9 Å². The van der Waals surface area contributed by atoms with Crippen molar-refractivity contribution in [3.05, 3.63) is 34.7 Å². The van der Waals surface area contributed by atoms with Gasteiger partial charge in [-0.2, -0.15) is 0 Å². The van der Waals surface area contributed by atoms with Gasteiger partial charge >= 0.3 is 0 Å². The Morgan fingerprint density at radius 1 is 1.43 bits per heavy atom. The molecule has 1 aromatic heterocycles. The zero-order chi connectivity index (χ0) is 10.1. The lowest BCUT2D eigenvalue weighted by Crippen LogP contribution is -2.04. The number of hydrogen-bond donors (Lipinski definition) is 0. The summed E-state index contributed by atoms with van der Waals surface area (Å²) in [6.07, 6.45) is 0. The van der Waals surface area contributed by atoms with Crippen LogP contribution in [0, 0.1) is 11.6 Å². The van der Waals surface area contributed by atoms with E-state index in [4.69, 9.17) is 23.8 Å². The molecular weight excluding hydrogens is 216 g/mol. The average Bonchev–Trinajstić information content (AvgIpc) is 2.18. The van der Waals surface area contributed by atoms with E-state index < -0.39 is 0 Å². The molecule has 0 aliphatic carbocycles. The second kappa shape index (κ2) is 3.67. The Balaban J connectivity index is 2.93. The molecule has 0 aliphatic heterocycles. The van der Waals surface area contributed by atoms with E-state index in [-0.39, 0.29) is 0 Å². The first-order valence-electron chi connectivity index (χ1n) is 4.26. The maximum atomic E-state index is 5.79. The molecule has 0 amide bonds. The van der Waals surface area contributed by atoms with Gasteiger partial charge in [0.15, 0.2) is 0 Å². The summed E-state index contributed by atoms with van der Waals surface area (Å²) < 4.78 is 2.57. The Bertz CT molecular complexity index is 533. The molecule has 72 valence electrons. The van der Waals surface area contributed by atoms with Gasteiger partial charge in [0.2, 0.25) is 0 Å². The van der Waals surface area contributed by atoms with Gasteiger partial charge in [0.1, 0.15) is 10.5 Å². The molecule has 0 unspecified atom stereocenters. The Kier molecular flexibility index (Phi) is 2.52. The normalized spacial score (nSPS) is 10.7. The highest BCUT2D eigenvalue weighted by molar-refractivity contribution is 7.71. The molecule has 1 heterocycles. The number of alkyl halides is 1. The van der Waals surface area contributed by atoms with Crippen LogP contribution in [0.2, 0.25) is 0 Å². The van der Waals surface area contributed by atoms with Crippen molar-refractivity contribution in [3.63, 3.8) is 0 Å². The van der Waals surface area contributed by atoms with Gasteiger partial charge in [-0.15, -0.1) is 11.6 Å². The second-order valence-electron chi connectivity index (χ2n) is 3.03. The van der Waals surface area contributed by atoms with Crippen molar-refractivity contribution in [3.8, 4) is 0 Å². The predicted molar refractivity (Wildman–Crippen MR) is 61.2 cm³/mol. The van der Waals surface area contributed by atoms with Crippen LogP contribution < -0.4 is 0 Å². The predicted octanol–water partition coefficient (Wildman–Crippen LogP) is 3.27. The van der Waals surface area contributed by atoms with Crippen LogP contribution in [0.3, 0.4) is 0 Å². The first-order valence-corrected chi connectivity index (χ1v) is 5.20. The number of para-hydroxylation sites is 1. The van der Waals surface area contributed by atoms with Crippen LogP contribution in [0.25, 0.3) is 10.9 Å². The van der Waals surface area contributed by atoms with E-state index in [1.807, 2.05) is 35.8 Å². The molecule has 0 saturated carbocycles. The molecule has 0 N–H and O–H groups in total. The van der Waals surface area contributed by atoms with Gasteiger partial charge in [-0.05, 0) is 19.1 Å². The molecule has 0 radical (unpaired) electrons. The van der Waals surface area contributed by atoms with Gasteiger partial charge in [-0.25, -0.2) is 4.98 Å². The number of aryl methyl sites for hydroxylation is 1. The van der Waals surface area contributed by atoms with Crippen LogP contribution in [-0.4, -0.2) is 9.55 Å². The molecule has 2 rings (SSSR count). The number of aromatic nitrogens is 2. The van der Waals surface area contributed by atoms with Gasteiger partial charge in [0.05, 0.1) is 11.5 Å². The van der Waals surface area contributed by atoms with Gasteiger partial charge in [0, 0.05) is 5.39 Å². The zero-order valence-corrected chi connectivity index (χ0v) is 9.27. The number of hydrogen-bond acceptors (Lipinski definition) is 2. The number of nitrogens with zero attached hydrogens (tertiary/aromatic N) is 2. The molecule has 2 aromatic rings. The van der Waals surface area contributed by atoms with Crippen molar-refractivity contribution in [1.82, 2.24) is 9.55 Å². The maximum absolute atomic E-state index is 5.79. The molecular formula is C10H9ClN2S. The van der Waals surface area contributed by atoms with Crippen LogP contribution in [0.1, 0.15) is 5.82 Å². The molecule has 1 aromatic carbocycles. The summed E-state index contributed by atoms with van der Waals surface area (Å²) in [5, 5.41) is 0.980. The summed E-state index contributed by atoms with van der Waals surface area (Å²) in [4.78, 5) is 4.42. The summed E-state index contributed by atoms with van der Waals surface area (Å²) in [5.41, 5.74) is 0.927. The fourth-order valence-corrected chi connectivity index (χ4v) is 2.15. The first-order chi connectivity index (χ1) is 6.74. The van der Waals surface area contributed by atoms with E-state index >= 15 is 0 Å². The van der Waals surface area contributed by atoms with E-state index in [0.717, 1.165) is 21.4 Å². The number of benzene rings is 1. The van der Waals surface area contributed by atoms with Crippen molar-refractivity contribution in [2.75, 3.05) is 0 Å². The van der Waals surface area contributed by atoms with Gasteiger partial charge in [0.25, 0.3) is 0 Å². The molecule has 0 saturated heterocycles. The zero-order valence-electron chi connectivity index (χ0n) is 7.70. The molecule has 2 nitrogen and oxygen atoms in total. The smallest absolute Gasteiger partial charge is 0.117 e. The summed E-state index contributed by atoms with van der Waals surface area (Å²) in [6.45, 7) is 1.91. The average molecular weight is 225 g/mol. The minimum absolute atomic E-state index is 0.350. The Morgan fingerprint density at radius 3 is 2.86 bits per heavy atom. The minimum atomic E-state index is 0.350. The highest BCUT2D eigenvalue weighted by Gasteiger charge is 2.02. The Hall–Kier alpha value is -0.930. The van der Waals surface area contributed by atoms with Crippen LogP contribution >= 0.6 is 23.8 Å². The van der Waals surface area contributed by atoms with Crippen LogP contribution in [0.15, 0.2) is 24.3 Å². The quantitative estimate of drug-likeness (QED) is 0.547. The number of halogens is 1. The monoisotopic (exact) mass is 224 g/mol. The molecule has 0 atom stereocenters. The molecule has 0 aliphatic rings. The molecule has 4 heteroatoms. The molecule has 0 spiro atoms. The van der Waals surface area contributed by atoms with E-state index in [9.17, 15) is 0 Å². The van der Waals surface area contributed by atoms with Crippen LogP contribution in [0.5, 0.6) is 0 Å². The largest absolute Gasteiger partial charge is 0.306 e. The van der Waals surface area contributed by atoms with Crippen LogP contribution in [0.4, 0.5) is 0 Å². The third-order valence-electron chi connectivity index (χ3n) is 2.17. The van der Waals surface area contributed by atoms with Gasteiger partial charge < -0.3 is 4.57 Å². The van der Waals surface area contributed by atoms with E-state index in [1.165, 1.54) is 0 Å². The third kappa shape index (κ3) is 1.42. The van der Waals surface area contributed by atoms with E-state index in [2.05, 4.69) is 4.98 Å². The van der Waals surface area contributed by atoms with Gasteiger partial charge in [-0.3, -0.25) is 0 Å². The lowest BCUT2D eigenvalue weighted by Gasteiger charge is -2.08. The van der Waals surface area contributed by atoms with Crippen LogP contribution in [-0.2, 0) is 6.00 Å². The number of fused-ring (bicyclic) bond motifs is 1. The Labute approximate surface area is 92.2 Å². The molecule has 0 fully saturated rings. The van der Waals surface area contributed by atoms with Crippen molar-refractivity contribution in [2.24, 2.45) is 0 Å². The highest BCUT2D eigenvalue weighted by Crippen LogP contribution is 2.14. The second-order valence-corrected chi connectivity index (χ2v) is 3.65. The summed E-state index contributed by atoms with van der Waals surface area (Å²) in [6, 6.07) is 8.18. The standard InChI is InChI=1S/C10H9ClN2S/c1-7-12-9-5-3-2-4-8(9)10(14)13(7)6-11/h2-5H,6H2,1H3. The molecule has 0 bridgehead atoms. The maximum Gasteiger partial charge on any atom is 0.117 e. The number of rotatable bonds is 1.